The van der Waals surface area contributed by atoms with E-state index in [1.54, 1.807) is 13.0 Å². The number of alkyl halides is 1. The Morgan fingerprint density at radius 3 is 2.81 bits per heavy atom. The summed E-state index contributed by atoms with van der Waals surface area (Å²) >= 11 is 0. The molecule has 0 bridgehead atoms. The number of carbonyl (C=O) groups is 1. The van der Waals surface area contributed by atoms with E-state index < -0.39 is 23.4 Å². The SMILES string of the molecule is CCOC(=O)c1cnc2cc(C3CC3(C)F)c(F)cc2c1. The zero-order valence-corrected chi connectivity index (χ0v) is 11.8. The van der Waals surface area contributed by atoms with E-state index in [-0.39, 0.29) is 12.2 Å². The molecule has 3 nitrogen and oxygen atoms in total. The maximum atomic E-state index is 14.1. The summed E-state index contributed by atoms with van der Waals surface area (Å²) in [5.74, 6) is -1.36. The number of fused-ring (bicyclic) bond motifs is 1. The molecule has 0 saturated heterocycles. The summed E-state index contributed by atoms with van der Waals surface area (Å²) < 4.78 is 32.7. The lowest BCUT2D eigenvalue weighted by Gasteiger charge is -2.07. The van der Waals surface area contributed by atoms with Crippen molar-refractivity contribution in [2.45, 2.75) is 31.9 Å². The van der Waals surface area contributed by atoms with Crippen LogP contribution in [0.15, 0.2) is 24.4 Å². The third kappa shape index (κ3) is 2.48. The van der Waals surface area contributed by atoms with Gasteiger partial charge in [-0.05, 0) is 44.0 Å². The van der Waals surface area contributed by atoms with Crippen LogP contribution in [0.2, 0.25) is 0 Å². The molecule has 1 heterocycles. The number of nitrogens with zero attached hydrogens (tertiary/aromatic N) is 1. The summed E-state index contributed by atoms with van der Waals surface area (Å²) in [4.78, 5) is 15.8. The lowest BCUT2D eigenvalue weighted by Crippen LogP contribution is -2.05. The second kappa shape index (κ2) is 4.76. The van der Waals surface area contributed by atoms with Gasteiger partial charge in [0.15, 0.2) is 0 Å². The molecule has 1 aliphatic carbocycles. The molecule has 2 atom stereocenters. The summed E-state index contributed by atoms with van der Waals surface area (Å²) in [5, 5.41) is 0.503. The van der Waals surface area contributed by atoms with Gasteiger partial charge < -0.3 is 4.74 Å². The Labute approximate surface area is 120 Å². The number of halogens is 2. The first-order valence-electron chi connectivity index (χ1n) is 6.87. The minimum Gasteiger partial charge on any atom is -0.462 e. The second-order valence-electron chi connectivity index (χ2n) is 5.55. The second-order valence-corrected chi connectivity index (χ2v) is 5.55. The molecule has 3 rings (SSSR count). The molecule has 0 radical (unpaired) electrons. The molecule has 1 aromatic heterocycles. The summed E-state index contributed by atoms with van der Waals surface area (Å²) in [5.41, 5.74) is -0.163. The summed E-state index contributed by atoms with van der Waals surface area (Å²) in [6.07, 6.45) is 1.72. The van der Waals surface area contributed by atoms with Gasteiger partial charge in [0, 0.05) is 17.5 Å². The number of benzene rings is 1. The molecule has 1 aliphatic rings. The average molecular weight is 291 g/mol. The number of hydrogen-bond acceptors (Lipinski definition) is 3. The van der Waals surface area contributed by atoms with Crippen molar-refractivity contribution < 1.29 is 18.3 Å². The van der Waals surface area contributed by atoms with Gasteiger partial charge in [-0.3, -0.25) is 4.98 Å². The fourth-order valence-electron chi connectivity index (χ4n) is 2.53. The Balaban J connectivity index is 2.01. The van der Waals surface area contributed by atoms with Crippen LogP contribution in [0.25, 0.3) is 10.9 Å². The fraction of sp³-hybridized carbons (Fsp3) is 0.375. The molecular weight excluding hydrogens is 276 g/mol. The first kappa shape index (κ1) is 13.9. The number of rotatable bonds is 3. The van der Waals surface area contributed by atoms with Gasteiger partial charge >= 0.3 is 5.97 Å². The normalized spacial score (nSPS) is 24.1. The maximum absolute atomic E-state index is 14.1. The monoisotopic (exact) mass is 291 g/mol. The van der Waals surface area contributed by atoms with E-state index in [4.69, 9.17) is 4.74 Å². The highest BCUT2D eigenvalue weighted by Gasteiger charge is 2.53. The van der Waals surface area contributed by atoms with Crippen LogP contribution in [0.4, 0.5) is 8.78 Å². The Kier molecular flexibility index (Phi) is 3.15. The predicted octanol–water partition coefficient (Wildman–Crippen LogP) is 3.77. The predicted molar refractivity (Wildman–Crippen MR) is 74.5 cm³/mol. The van der Waals surface area contributed by atoms with Crippen molar-refractivity contribution in [1.82, 2.24) is 4.98 Å². The first-order chi connectivity index (χ1) is 9.92. The molecule has 2 aromatic rings. The van der Waals surface area contributed by atoms with Gasteiger partial charge in [0.1, 0.15) is 11.5 Å². The van der Waals surface area contributed by atoms with Crippen molar-refractivity contribution in [2.75, 3.05) is 6.61 Å². The Morgan fingerprint density at radius 2 is 2.19 bits per heavy atom. The average Bonchev–Trinajstić information content (AvgIpc) is 3.06. The van der Waals surface area contributed by atoms with Gasteiger partial charge in [0.25, 0.3) is 0 Å². The molecule has 2 unspecified atom stereocenters. The molecule has 21 heavy (non-hydrogen) atoms. The van der Waals surface area contributed by atoms with E-state index >= 15 is 0 Å². The van der Waals surface area contributed by atoms with Gasteiger partial charge in [-0.2, -0.15) is 0 Å². The Bertz CT molecular complexity index is 728. The summed E-state index contributed by atoms with van der Waals surface area (Å²) in [7, 11) is 0. The third-order valence-corrected chi connectivity index (χ3v) is 3.86. The van der Waals surface area contributed by atoms with Crippen molar-refractivity contribution in [3.05, 3.63) is 41.3 Å². The Morgan fingerprint density at radius 1 is 1.48 bits per heavy atom. The van der Waals surface area contributed by atoms with Crippen molar-refractivity contribution in [3.8, 4) is 0 Å². The number of hydrogen-bond donors (Lipinski definition) is 0. The molecule has 0 aliphatic heterocycles. The van der Waals surface area contributed by atoms with Gasteiger partial charge in [-0.1, -0.05) is 0 Å². The lowest BCUT2D eigenvalue weighted by atomic mass is 10.0. The largest absolute Gasteiger partial charge is 0.462 e. The third-order valence-electron chi connectivity index (χ3n) is 3.86. The van der Waals surface area contributed by atoms with Gasteiger partial charge in [0.05, 0.1) is 17.7 Å². The van der Waals surface area contributed by atoms with Gasteiger partial charge in [-0.25, -0.2) is 13.6 Å². The van der Waals surface area contributed by atoms with E-state index in [0.717, 1.165) is 0 Å². The van der Waals surface area contributed by atoms with Crippen LogP contribution in [0.5, 0.6) is 0 Å². The van der Waals surface area contributed by atoms with Crippen LogP contribution in [-0.4, -0.2) is 23.2 Å². The number of pyridine rings is 1. The highest BCUT2D eigenvalue weighted by Crippen LogP contribution is 2.55. The van der Waals surface area contributed by atoms with Crippen LogP contribution in [0.3, 0.4) is 0 Å². The van der Waals surface area contributed by atoms with Crippen molar-refractivity contribution in [3.63, 3.8) is 0 Å². The van der Waals surface area contributed by atoms with E-state index in [1.807, 2.05) is 0 Å². The van der Waals surface area contributed by atoms with Gasteiger partial charge in [0.2, 0.25) is 0 Å². The minimum atomic E-state index is -1.33. The highest BCUT2D eigenvalue weighted by atomic mass is 19.1. The molecule has 5 heteroatoms. The minimum absolute atomic E-state index is 0.265. The molecule has 1 aromatic carbocycles. The molecular formula is C16H15F2NO2. The molecule has 1 saturated carbocycles. The Hall–Kier alpha value is -2.04. The van der Waals surface area contributed by atoms with E-state index in [9.17, 15) is 13.6 Å². The highest BCUT2D eigenvalue weighted by molar-refractivity contribution is 5.93. The van der Waals surface area contributed by atoms with Gasteiger partial charge in [-0.15, -0.1) is 0 Å². The van der Waals surface area contributed by atoms with E-state index in [2.05, 4.69) is 4.98 Å². The topological polar surface area (TPSA) is 39.2 Å². The molecule has 0 N–H and O–H groups in total. The molecule has 110 valence electrons. The lowest BCUT2D eigenvalue weighted by molar-refractivity contribution is 0.0526. The molecule has 0 spiro atoms. The van der Waals surface area contributed by atoms with Crippen LogP contribution in [-0.2, 0) is 4.74 Å². The number of aromatic nitrogens is 1. The smallest absolute Gasteiger partial charge is 0.339 e. The van der Waals surface area contributed by atoms with Crippen molar-refractivity contribution >= 4 is 16.9 Å². The molecule has 1 fully saturated rings. The van der Waals surface area contributed by atoms with Crippen LogP contribution < -0.4 is 0 Å². The van der Waals surface area contributed by atoms with E-state index in [0.29, 0.717) is 22.9 Å². The van der Waals surface area contributed by atoms with Crippen LogP contribution in [0.1, 0.15) is 42.1 Å². The maximum Gasteiger partial charge on any atom is 0.339 e. The number of ether oxygens (including phenoxy) is 1. The number of esters is 1. The first-order valence-corrected chi connectivity index (χ1v) is 6.87. The summed E-state index contributed by atoms with van der Waals surface area (Å²) in [6.45, 7) is 3.45. The fourth-order valence-corrected chi connectivity index (χ4v) is 2.53. The van der Waals surface area contributed by atoms with Crippen molar-refractivity contribution in [2.24, 2.45) is 0 Å². The molecule has 0 amide bonds. The van der Waals surface area contributed by atoms with Crippen molar-refractivity contribution in [1.29, 1.82) is 0 Å². The standard InChI is InChI=1S/C16H15F2NO2/c1-3-21-15(20)10-4-9-5-13(17)11(6-14(9)19-8-10)12-7-16(12,2)18/h4-6,8,12H,3,7H2,1-2H3. The number of carbonyl (C=O) groups excluding carboxylic acids is 1. The zero-order chi connectivity index (χ0) is 15.2. The van der Waals surface area contributed by atoms with Crippen LogP contribution in [0, 0.1) is 5.82 Å². The quantitative estimate of drug-likeness (QED) is 0.808. The van der Waals surface area contributed by atoms with Crippen LogP contribution >= 0.6 is 0 Å². The summed E-state index contributed by atoms with van der Waals surface area (Å²) in [6, 6.07) is 4.40. The van der Waals surface area contributed by atoms with E-state index in [1.165, 1.54) is 25.3 Å². The zero-order valence-electron chi connectivity index (χ0n) is 11.8.